The van der Waals surface area contributed by atoms with Gasteiger partial charge in [-0.25, -0.2) is 15.0 Å². The van der Waals surface area contributed by atoms with Crippen molar-refractivity contribution in [2.75, 3.05) is 23.3 Å². The van der Waals surface area contributed by atoms with E-state index in [2.05, 4.69) is 43.7 Å². The highest BCUT2D eigenvalue weighted by molar-refractivity contribution is 5.78. The highest BCUT2D eigenvalue weighted by atomic mass is 16.3. The first-order valence-electron chi connectivity index (χ1n) is 7.96. The number of fused-ring (bicyclic) bond motifs is 1. The van der Waals surface area contributed by atoms with Crippen LogP contribution in [0.4, 0.5) is 17.6 Å². The van der Waals surface area contributed by atoms with Crippen LogP contribution in [0.25, 0.3) is 11.0 Å². The summed E-state index contributed by atoms with van der Waals surface area (Å²) in [6.45, 7) is 5.38. The van der Waals surface area contributed by atoms with Crippen molar-refractivity contribution in [1.29, 1.82) is 0 Å². The van der Waals surface area contributed by atoms with E-state index in [-0.39, 0.29) is 6.10 Å². The molecule has 8 heteroatoms. The van der Waals surface area contributed by atoms with E-state index in [9.17, 15) is 5.11 Å². The average Bonchev–Trinajstić information content (AvgIpc) is 2.95. The predicted octanol–water partition coefficient (Wildman–Crippen LogP) is 1.73. The van der Waals surface area contributed by atoms with Crippen molar-refractivity contribution in [2.45, 2.75) is 26.0 Å². The van der Waals surface area contributed by atoms with Crippen molar-refractivity contribution in [3.63, 3.8) is 0 Å². The smallest absolute Gasteiger partial charge is 0.227 e. The Morgan fingerprint density at radius 2 is 2.04 bits per heavy atom. The first-order valence-corrected chi connectivity index (χ1v) is 7.96. The summed E-state index contributed by atoms with van der Waals surface area (Å²) in [5, 5.41) is 12.6. The molecule has 0 unspecified atom stereocenters. The molecule has 0 aliphatic carbocycles. The summed E-state index contributed by atoms with van der Waals surface area (Å²) < 4.78 is 2.11. The summed E-state index contributed by atoms with van der Waals surface area (Å²) in [6, 6.07) is 4.09. The molecule has 0 radical (unpaired) electrons. The molecule has 3 aromatic heterocycles. The fourth-order valence-corrected chi connectivity index (χ4v) is 2.73. The Kier molecular flexibility index (Phi) is 3.53. The fraction of sp³-hybridized carbons (Fsp3) is 0.375. The highest BCUT2D eigenvalue weighted by Gasteiger charge is 2.26. The van der Waals surface area contributed by atoms with Gasteiger partial charge in [-0.15, -0.1) is 0 Å². The van der Waals surface area contributed by atoms with Gasteiger partial charge in [0.05, 0.1) is 24.1 Å². The van der Waals surface area contributed by atoms with E-state index in [4.69, 9.17) is 0 Å². The van der Waals surface area contributed by atoms with Gasteiger partial charge >= 0.3 is 0 Å². The summed E-state index contributed by atoms with van der Waals surface area (Å²) >= 11 is 0. The molecular formula is C16H19N7O. The SMILES string of the molecule is CC(C)n1cnc2cnc(Nc3ccnc(N4CC(O)C4)n3)cc21. The molecule has 1 saturated heterocycles. The van der Waals surface area contributed by atoms with Crippen LogP contribution >= 0.6 is 0 Å². The number of nitrogens with one attached hydrogen (secondary N) is 1. The van der Waals surface area contributed by atoms with Gasteiger partial charge in [0, 0.05) is 31.4 Å². The number of β-amino-alcohol motifs (C(OH)–C–C–N with tert-alkyl or cyclic N) is 1. The molecule has 0 bridgehead atoms. The zero-order chi connectivity index (χ0) is 16.7. The van der Waals surface area contributed by atoms with Crippen LogP contribution in [0, 0.1) is 0 Å². The van der Waals surface area contributed by atoms with E-state index in [1.165, 1.54) is 0 Å². The third-order valence-corrected chi connectivity index (χ3v) is 4.06. The van der Waals surface area contributed by atoms with E-state index < -0.39 is 0 Å². The van der Waals surface area contributed by atoms with E-state index >= 15 is 0 Å². The van der Waals surface area contributed by atoms with Crippen LogP contribution in [-0.2, 0) is 0 Å². The molecule has 4 rings (SSSR count). The Bertz CT molecular complexity index is 870. The second-order valence-electron chi connectivity index (χ2n) is 6.23. The zero-order valence-corrected chi connectivity index (χ0v) is 13.6. The van der Waals surface area contributed by atoms with Crippen molar-refractivity contribution in [3.8, 4) is 0 Å². The van der Waals surface area contributed by atoms with E-state index in [1.807, 2.05) is 17.3 Å². The van der Waals surface area contributed by atoms with Crippen LogP contribution in [0.1, 0.15) is 19.9 Å². The topological polar surface area (TPSA) is 92.0 Å². The molecule has 1 aliphatic heterocycles. The molecule has 0 amide bonds. The largest absolute Gasteiger partial charge is 0.389 e. The molecule has 4 heterocycles. The zero-order valence-electron chi connectivity index (χ0n) is 13.6. The van der Waals surface area contributed by atoms with Crippen LogP contribution in [0.3, 0.4) is 0 Å². The standard InChI is InChI=1S/C16H19N7O/c1-10(2)23-9-19-12-6-18-15(5-13(12)23)20-14-3-4-17-16(21-14)22-7-11(24)8-22/h3-6,9-11,24H,7-8H2,1-2H3,(H,17,18,20,21). The number of aliphatic hydroxyl groups excluding tert-OH is 1. The lowest BCUT2D eigenvalue weighted by Crippen LogP contribution is -2.51. The molecule has 24 heavy (non-hydrogen) atoms. The molecule has 1 fully saturated rings. The Balaban J connectivity index is 1.60. The maximum atomic E-state index is 9.40. The Hall–Kier alpha value is -2.74. The molecule has 0 atom stereocenters. The maximum Gasteiger partial charge on any atom is 0.227 e. The van der Waals surface area contributed by atoms with E-state index in [1.54, 1.807) is 18.5 Å². The van der Waals surface area contributed by atoms with Gasteiger partial charge in [0.25, 0.3) is 0 Å². The van der Waals surface area contributed by atoms with Crippen molar-refractivity contribution < 1.29 is 5.11 Å². The monoisotopic (exact) mass is 325 g/mol. The van der Waals surface area contributed by atoms with Gasteiger partial charge in [0.2, 0.25) is 5.95 Å². The summed E-state index contributed by atoms with van der Waals surface area (Å²) in [6.07, 6.45) is 5.00. The Morgan fingerprint density at radius 1 is 1.21 bits per heavy atom. The molecule has 0 spiro atoms. The minimum atomic E-state index is -0.286. The second kappa shape index (κ2) is 5.72. The summed E-state index contributed by atoms with van der Waals surface area (Å²) in [7, 11) is 0. The number of pyridine rings is 1. The molecule has 124 valence electrons. The van der Waals surface area contributed by atoms with Crippen molar-refractivity contribution in [1.82, 2.24) is 24.5 Å². The maximum absolute atomic E-state index is 9.40. The molecule has 0 aromatic carbocycles. The Labute approximate surface area is 139 Å². The van der Waals surface area contributed by atoms with Gasteiger partial charge in [0.15, 0.2) is 0 Å². The van der Waals surface area contributed by atoms with Crippen LogP contribution < -0.4 is 10.2 Å². The van der Waals surface area contributed by atoms with Crippen LogP contribution in [0.2, 0.25) is 0 Å². The summed E-state index contributed by atoms with van der Waals surface area (Å²) in [4.78, 5) is 19.4. The lowest BCUT2D eigenvalue weighted by atomic mass is 10.2. The number of hydrogen-bond donors (Lipinski definition) is 2. The number of hydrogen-bond acceptors (Lipinski definition) is 7. The van der Waals surface area contributed by atoms with Gasteiger partial charge in [0.1, 0.15) is 17.2 Å². The van der Waals surface area contributed by atoms with Crippen molar-refractivity contribution in [2.24, 2.45) is 0 Å². The van der Waals surface area contributed by atoms with Crippen LogP contribution in [0.5, 0.6) is 0 Å². The fourth-order valence-electron chi connectivity index (χ4n) is 2.73. The van der Waals surface area contributed by atoms with Crippen molar-refractivity contribution >= 4 is 28.6 Å². The lowest BCUT2D eigenvalue weighted by molar-refractivity contribution is 0.140. The van der Waals surface area contributed by atoms with Gasteiger partial charge in [-0.05, 0) is 19.9 Å². The van der Waals surface area contributed by atoms with Gasteiger partial charge in [-0.2, -0.15) is 4.98 Å². The predicted molar refractivity (Wildman–Crippen MR) is 91.4 cm³/mol. The molecule has 8 nitrogen and oxygen atoms in total. The summed E-state index contributed by atoms with van der Waals surface area (Å²) in [5.74, 6) is 1.99. The lowest BCUT2D eigenvalue weighted by Gasteiger charge is -2.35. The second-order valence-corrected chi connectivity index (χ2v) is 6.23. The van der Waals surface area contributed by atoms with Crippen LogP contribution in [-0.4, -0.2) is 48.8 Å². The number of rotatable bonds is 4. The molecule has 1 aliphatic rings. The van der Waals surface area contributed by atoms with Crippen LogP contribution in [0.15, 0.2) is 30.9 Å². The van der Waals surface area contributed by atoms with Gasteiger partial charge in [-0.3, -0.25) is 0 Å². The number of imidazole rings is 1. The van der Waals surface area contributed by atoms with E-state index in [0.29, 0.717) is 36.7 Å². The normalized spacial score (nSPS) is 15.1. The number of aromatic nitrogens is 5. The summed E-state index contributed by atoms with van der Waals surface area (Å²) in [5.41, 5.74) is 1.90. The van der Waals surface area contributed by atoms with E-state index in [0.717, 1.165) is 11.0 Å². The molecular weight excluding hydrogens is 306 g/mol. The van der Waals surface area contributed by atoms with Gasteiger partial charge < -0.3 is 19.9 Å². The number of anilines is 3. The number of nitrogens with zero attached hydrogens (tertiary/aromatic N) is 6. The quantitative estimate of drug-likeness (QED) is 0.754. The molecule has 3 aromatic rings. The first kappa shape index (κ1) is 14.8. The minimum Gasteiger partial charge on any atom is -0.389 e. The first-order chi connectivity index (χ1) is 11.6. The molecule has 2 N–H and O–H groups in total. The molecule has 0 saturated carbocycles. The van der Waals surface area contributed by atoms with Crippen molar-refractivity contribution in [3.05, 3.63) is 30.9 Å². The third-order valence-electron chi connectivity index (χ3n) is 4.06. The highest BCUT2D eigenvalue weighted by Crippen LogP contribution is 2.22. The van der Waals surface area contributed by atoms with Gasteiger partial charge in [-0.1, -0.05) is 0 Å². The number of aliphatic hydroxyl groups is 1. The minimum absolute atomic E-state index is 0.286. The third kappa shape index (κ3) is 2.65. The average molecular weight is 325 g/mol. The Morgan fingerprint density at radius 3 is 2.79 bits per heavy atom.